The van der Waals surface area contributed by atoms with E-state index in [2.05, 4.69) is 0 Å². The van der Waals surface area contributed by atoms with Gasteiger partial charge in [0.25, 0.3) is 0 Å². The number of aliphatic carboxylic acids is 1. The van der Waals surface area contributed by atoms with Crippen molar-refractivity contribution in [3.05, 3.63) is 0 Å². The van der Waals surface area contributed by atoms with E-state index in [1.165, 1.54) is 0 Å². The van der Waals surface area contributed by atoms with Crippen LogP contribution in [0, 0.1) is 0 Å². The summed E-state index contributed by atoms with van der Waals surface area (Å²) in [6.45, 7) is 0. The van der Waals surface area contributed by atoms with Crippen LogP contribution in [-0.2, 0) is 4.79 Å². The van der Waals surface area contributed by atoms with Gasteiger partial charge in [-0.2, -0.15) is 13.2 Å². The van der Waals surface area contributed by atoms with Crippen molar-refractivity contribution in [2.75, 3.05) is 5.34 Å². The maximum Gasteiger partial charge on any atom is 0.399 e. The van der Waals surface area contributed by atoms with Crippen molar-refractivity contribution in [2.45, 2.75) is 12.6 Å². The van der Waals surface area contributed by atoms with E-state index < -0.39 is 18.6 Å². The fraction of sp³-hybridized carbons (Fsp3) is 0.750. The number of carboxylic acid groups (broad SMARTS) is 1. The van der Waals surface area contributed by atoms with Gasteiger partial charge in [-0.3, -0.25) is 4.79 Å². The Hall–Kier alpha value is -0.160. The maximum atomic E-state index is 10.9. The standard InChI is InChI=1S/C3H3F3O2.CH2Cl2/c4-3(5,6)1-2(7)8;2-1-3/h1H2,(H,7,8);1H2. The zero-order valence-electron chi connectivity index (χ0n) is 5.16. The van der Waals surface area contributed by atoms with Crippen molar-refractivity contribution in [1.29, 1.82) is 0 Å². The minimum atomic E-state index is -4.58. The molecular formula is C4H5Cl2F3O2. The van der Waals surface area contributed by atoms with Crippen molar-refractivity contribution < 1.29 is 23.1 Å². The van der Waals surface area contributed by atoms with Gasteiger partial charge < -0.3 is 5.11 Å². The predicted octanol–water partition coefficient (Wildman–Crippen LogP) is 2.44. The summed E-state index contributed by atoms with van der Waals surface area (Å²) >= 11 is 9.53. The molecule has 68 valence electrons. The summed E-state index contributed by atoms with van der Waals surface area (Å²) in [5.74, 6) is -1.85. The number of halogens is 5. The van der Waals surface area contributed by atoms with Gasteiger partial charge in [-0.1, -0.05) is 0 Å². The van der Waals surface area contributed by atoms with E-state index in [0.29, 0.717) is 0 Å². The van der Waals surface area contributed by atoms with Gasteiger partial charge in [0.05, 0.1) is 5.34 Å². The Labute approximate surface area is 70.9 Å². The maximum absolute atomic E-state index is 10.9. The summed E-state index contributed by atoms with van der Waals surface area (Å²) in [6, 6.07) is 0. The number of hydrogen-bond donors (Lipinski definition) is 1. The molecule has 0 unspecified atom stereocenters. The van der Waals surface area contributed by atoms with Crippen LogP contribution in [0.15, 0.2) is 0 Å². The molecule has 11 heavy (non-hydrogen) atoms. The van der Waals surface area contributed by atoms with Gasteiger partial charge >= 0.3 is 12.1 Å². The van der Waals surface area contributed by atoms with Gasteiger partial charge in [-0.25, -0.2) is 0 Å². The highest BCUT2D eigenvalue weighted by atomic mass is 35.5. The molecule has 0 saturated carbocycles. The smallest absolute Gasteiger partial charge is 0.399 e. The SMILES string of the molecule is ClCCl.O=C(O)CC(F)(F)F. The summed E-state index contributed by atoms with van der Waals surface area (Å²) in [6.07, 6.45) is -6.33. The van der Waals surface area contributed by atoms with Crippen LogP contribution >= 0.6 is 23.2 Å². The molecule has 0 heterocycles. The Bertz CT molecular complexity index is 114. The highest BCUT2D eigenvalue weighted by Gasteiger charge is 2.30. The topological polar surface area (TPSA) is 37.3 Å². The molecule has 0 spiro atoms. The van der Waals surface area contributed by atoms with Crippen molar-refractivity contribution in [1.82, 2.24) is 0 Å². The zero-order valence-corrected chi connectivity index (χ0v) is 6.67. The van der Waals surface area contributed by atoms with Crippen molar-refractivity contribution in [3.63, 3.8) is 0 Å². The number of carboxylic acids is 1. The molecule has 0 aromatic carbocycles. The van der Waals surface area contributed by atoms with Gasteiger partial charge in [0.1, 0.15) is 6.42 Å². The molecule has 0 radical (unpaired) electrons. The lowest BCUT2D eigenvalue weighted by Gasteiger charge is -1.98. The fourth-order valence-corrected chi connectivity index (χ4v) is 0.171. The lowest BCUT2D eigenvalue weighted by molar-refractivity contribution is -0.166. The summed E-state index contributed by atoms with van der Waals surface area (Å²) in [7, 11) is 0. The molecule has 2 nitrogen and oxygen atoms in total. The van der Waals surface area contributed by atoms with Gasteiger partial charge in [0.15, 0.2) is 0 Å². The quantitative estimate of drug-likeness (QED) is 0.679. The van der Waals surface area contributed by atoms with Crippen molar-refractivity contribution >= 4 is 29.2 Å². The Kier molecular flexibility index (Phi) is 7.99. The van der Waals surface area contributed by atoms with E-state index in [9.17, 15) is 18.0 Å². The average molecular weight is 213 g/mol. The molecule has 0 saturated heterocycles. The monoisotopic (exact) mass is 212 g/mol. The Balaban J connectivity index is 0. The molecule has 0 rings (SSSR count). The second-order valence-electron chi connectivity index (χ2n) is 1.29. The molecule has 0 aromatic heterocycles. The second-order valence-corrected chi connectivity index (χ2v) is 2.09. The summed E-state index contributed by atoms with van der Waals surface area (Å²) in [5.41, 5.74) is 0. The molecule has 0 bridgehead atoms. The van der Waals surface area contributed by atoms with E-state index in [-0.39, 0.29) is 5.34 Å². The first-order valence-electron chi connectivity index (χ1n) is 2.24. The Morgan fingerprint density at radius 3 is 1.64 bits per heavy atom. The molecule has 1 N–H and O–H groups in total. The molecule has 0 aromatic rings. The third-order valence-electron chi connectivity index (χ3n) is 0.352. The first-order chi connectivity index (χ1) is 4.83. The van der Waals surface area contributed by atoms with E-state index in [0.717, 1.165) is 0 Å². The van der Waals surface area contributed by atoms with Gasteiger partial charge in [0, 0.05) is 0 Å². The van der Waals surface area contributed by atoms with Crippen LogP contribution in [0.2, 0.25) is 0 Å². The van der Waals surface area contributed by atoms with E-state index >= 15 is 0 Å². The molecule has 0 aliphatic rings. The van der Waals surface area contributed by atoms with Gasteiger partial charge in [-0.05, 0) is 0 Å². The molecule has 0 atom stereocenters. The number of carbonyl (C=O) groups is 1. The van der Waals surface area contributed by atoms with E-state index in [1.54, 1.807) is 0 Å². The summed E-state index contributed by atoms with van der Waals surface area (Å²) < 4.78 is 32.8. The number of rotatable bonds is 1. The van der Waals surface area contributed by atoms with Crippen LogP contribution in [0.3, 0.4) is 0 Å². The minimum Gasteiger partial charge on any atom is -0.481 e. The molecule has 0 aliphatic carbocycles. The molecule has 7 heteroatoms. The largest absolute Gasteiger partial charge is 0.481 e. The Morgan fingerprint density at radius 1 is 1.36 bits per heavy atom. The van der Waals surface area contributed by atoms with Crippen LogP contribution < -0.4 is 0 Å². The fourth-order valence-electron chi connectivity index (χ4n) is 0.171. The highest BCUT2D eigenvalue weighted by molar-refractivity contribution is 6.40. The third kappa shape index (κ3) is 25.8. The number of alkyl halides is 5. The van der Waals surface area contributed by atoms with Crippen LogP contribution in [0.1, 0.15) is 6.42 Å². The summed E-state index contributed by atoms with van der Waals surface area (Å²) in [5, 5.41) is 7.72. The highest BCUT2D eigenvalue weighted by Crippen LogP contribution is 2.18. The lowest BCUT2D eigenvalue weighted by atomic mass is 10.4. The van der Waals surface area contributed by atoms with E-state index in [4.69, 9.17) is 28.3 Å². The van der Waals surface area contributed by atoms with Crippen molar-refractivity contribution in [2.24, 2.45) is 0 Å². The van der Waals surface area contributed by atoms with Crippen LogP contribution in [-0.4, -0.2) is 22.6 Å². The second kappa shape index (κ2) is 6.54. The molecule has 0 fully saturated rings. The van der Waals surface area contributed by atoms with Crippen LogP contribution in [0.25, 0.3) is 0 Å². The minimum absolute atomic E-state index is 0.194. The first-order valence-corrected chi connectivity index (χ1v) is 3.31. The van der Waals surface area contributed by atoms with Crippen molar-refractivity contribution in [3.8, 4) is 0 Å². The number of hydrogen-bond acceptors (Lipinski definition) is 1. The molecular weight excluding hydrogens is 208 g/mol. The van der Waals surface area contributed by atoms with Gasteiger partial charge in [-0.15, -0.1) is 23.2 Å². The van der Waals surface area contributed by atoms with Crippen LogP contribution in [0.5, 0.6) is 0 Å². The van der Waals surface area contributed by atoms with E-state index in [1.807, 2.05) is 0 Å². The average Bonchev–Trinajstić information content (AvgIpc) is 1.57. The lowest BCUT2D eigenvalue weighted by Crippen LogP contribution is -2.13. The predicted molar refractivity (Wildman–Crippen MR) is 34.9 cm³/mol. The molecule has 0 amide bonds. The first kappa shape index (κ1) is 13.4. The third-order valence-corrected chi connectivity index (χ3v) is 0.352. The van der Waals surface area contributed by atoms with Crippen LogP contribution in [0.4, 0.5) is 13.2 Å². The molecule has 0 aliphatic heterocycles. The Morgan fingerprint density at radius 2 is 1.64 bits per heavy atom. The summed E-state index contributed by atoms with van der Waals surface area (Å²) in [4.78, 5) is 9.29. The van der Waals surface area contributed by atoms with Gasteiger partial charge in [0.2, 0.25) is 0 Å². The normalized spacial score (nSPS) is 9.91. The zero-order chi connectivity index (χ0) is 9.49.